The normalized spacial score (nSPS) is 16.6. The molecule has 3 rings (SSSR count). The van der Waals surface area contributed by atoms with Crippen molar-refractivity contribution < 1.29 is 14.3 Å². The molecule has 0 aliphatic carbocycles. The molecule has 0 bridgehead atoms. The number of hydrogen-bond donors (Lipinski definition) is 1. The highest BCUT2D eigenvalue weighted by molar-refractivity contribution is 7.99. The van der Waals surface area contributed by atoms with E-state index in [0.29, 0.717) is 6.54 Å². The molecule has 1 saturated heterocycles. The Hall–Kier alpha value is -2.34. The lowest BCUT2D eigenvalue weighted by Crippen LogP contribution is -2.39. The topological polar surface area (TPSA) is 50.8 Å². The Morgan fingerprint density at radius 1 is 1.16 bits per heavy atom. The molecule has 1 fully saturated rings. The van der Waals surface area contributed by atoms with Gasteiger partial charge in [0.2, 0.25) is 0 Å². The molecule has 1 N–H and O–H groups in total. The van der Waals surface area contributed by atoms with Crippen molar-refractivity contribution in [3.05, 3.63) is 59.7 Å². The third-order valence-electron chi connectivity index (χ3n) is 4.10. The summed E-state index contributed by atoms with van der Waals surface area (Å²) in [6, 6.07) is 15.6. The van der Waals surface area contributed by atoms with Crippen LogP contribution in [0.3, 0.4) is 0 Å². The quantitative estimate of drug-likeness (QED) is 0.886. The molecule has 0 spiro atoms. The Morgan fingerprint density at radius 2 is 1.84 bits per heavy atom. The molecule has 0 aromatic heterocycles. The minimum atomic E-state index is -0.0550. The second kappa shape index (κ2) is 8.16. The van der Waals surface area contributed by atoms with Gasteiger partial charge in [0.05, 0.1) is 14.2 Å². The number of ether oxygens (including phenoxy) is 2. The van der Waals surface area contributed by atoms with Crippen LogP contribution in [0.5, 0.6) is 11.5 Å². The Labute approximate surface area is 152 Å². The zero-order valence-corrected chi connectivity index (χ0v) is 15.2. The van der Waals surface area contributed by atoms with E-state index in [9.17, 15) is 4.79 Å². The van der Waals surface area contributed by atoms with E-state index in [1.807, 2.05) is 53.4 Å². The van der Waals surface area contributed by atoms with Crippen LogP contribution in [0, 0.1) is 0 Å². The number of carbonyl (C=O) groups excluding carboxylic acids is 1. The van der Waals surface area contributed by atoms with Crippen molar-refractivity contribution in [2.45, 2.75) is 11.9 Å². The van der Waals surface area contributed by atoms with Crippen LogP contribution in [0.1, 0.15) is 16.5 Å². The summed E-state index contributed by atoms with van der Waals surface area (Å²) >= 11 is 1.75. The molecule has 25 heavy (non-hydrogen) atoms. The molecule has 1 aliphatic heterocycles. The summed E-state index contributed by atoms with van der Waals surface area (Å²) < 4.78 is 10.7. The van der Waals surface area contributed by atoms with Gasteiger partial charge < -0.3 is 19.7 Å². The molecule has 132 valence electrons. The summed E-state index contributed by atoms with van der Waals surface area (Å²) in [4.78, 5) is 14.5. The molecule has 6 heteroatoms. The van der Waals surface area contributed by atoms with Gasteiger partial charge in [-0.25, -0.2) is 4.79 Å². The minimum absolute atomic E-state index is 0.0419. The predicted octanol–water partition coefficient (Wildman–Crippen LogP) is 3.66. The largest absolute Gasteiger partial charge is 0.497 e. The molecular weight excluding hydrogens is 336 g/mol. The van der Waals surface area contributed by atoms with E-state index in [0.717, 1.165) is 34.9 Å². The zero-order valence-electron chi connectivity index (χ0n) is 14.4. The zero-order chi connectivity index (χ0) is 17.6. The van der Waals surface area contributed by atoms with Gasteiger partial charge in [-0.15, -0.1) is 11.8 Å². The van der Waals surface area contributed by atoms with E-state index < -0.39 is 0 Å². The Kier molecular flexibility index (Phi) is 5.71. The van der Waals surface area contributed by atoms with Crippen molar-refractivity contribution in [1.29, 1.82) is 0 Å². The highest BCUT2D eigenvalue weighted by atomic mass is 32.2. The summed E-state index contributed by atoms with van der Waals surface area (Å²) in [6.07, 6.45) is 0. The van der Waals surface area contributed by atoms with Crippen LogP contribution in [-0.2, 0) is 6.54 Å². The van der Waals surface area contributed by atoms with Gasteiger partial charge in [-0.05, 0) is 23.3 Å². The van der Waals surface area contributed by atoms with Gasteiger partial charge >= 0.3 is 6.03 Å². The molecule has 2 aromatic rings. The second-order valence-corrected chi connectivity index (χ2v) is 6.89. The highest BCUT2D eigenvalue weighted by Crippen LogP contribution is 2.40. The van der Waals surface area contributed by atoms with Crippen molar-refractivity contribution >= 4 is 17.8 Å². The lowest BCUT2D eigenvalue weighted by Gasteiger charge is -2.25. The van der Waals surface area contributed by atoms with E-state index >= 15 is 0 Å². The smallest absolute Gasteiger partial charge is 0.318 e. The van der Waals surface area contributed by atoms with Crippen molar-refractivity contribution in [2.24, 2.45) is 0 Å². The first-order chi connectivity index (χ1) is 12.2. The molecule has 1 heterocycles. The van der Waals surface area contributed by atoms with Crippen LogP contribution < -0.4 is 14.8 Å². The first kappa shape index (κ1) is 17.5. The third-order valence-corrected chi connectivity index (χ3v) is 5.36. The van der Waals surface area contributed by atoms with Crippen LogP contribution in [0.15, 0.2) is 48.5 Å². The number of rotatable bonds is 5. The fourth-order valence-corrected chi connectivity index (χ4v) is 4.04. The van der Waals surface area contributed by atoms with Gasteiger partial charge in [-0.1, -0.05) is 30.3 Å². The molecule has 1 aliphatic rings. The van der Waals surface area contributed by atoms with Crippen LogP contribution >= 0.6 is 11.8 Å². The molecule has 0 saturated carbocycles. The van der Waals surface area contributed by atoms with E-state index in [1.54, 1.807) is 26.0 Å². The summed E-state index contributed by atoms with van der Waals surface area (Å²) in [7, 11) is 3.26. The lowest BCUT2D eigenvalue weighted by atomic mass is 10.2. The van der Waals surface area contributed by atoms with E-state index in [2.05, 4.69) is 5.32 Å². The average Bonchev–Trinajstić information content (AvgIpc) is 3.16. The van der Waals surface area contributed by atoms with Gasteiger partial charge in [0.1, 0.15) is 16.9 Å². The number of methoxy groups -OCH3 is 2. The van der Waals surface area contributed by atoms with Crippen molar-refractivity contribution in [3.63, 3.8) is 0 Å². The molecular formula is C19H22N2O3S. The van der Waals surface area contributed by atoms with E-state index in [-0.39, 0.29) is 11.4 Å². The van der Waals surface area contributed by atoms with E-state index in [1.165, 1.54) is 0 Å². The summed E-state index contributed by atoms with van der Waals surface area (Å²) in [6.45, 7) is 1.24. The van der Waals surface area contributed by atoms with Crippen LogP contribution in [0.4, 0.5) is 4.79 Å². The standard InChI is InChI=1S/C19H22N2O3S/c1-23-16-10-15(11-17(12-16)24-2)18-21(8-9-25-18)19(22)20-13-14-6-4-3-5-7-14/h3-7,10-12,18H,8-9,13H2,1-2H3,(H,20,22)/t18-/m0/s1. The Bertz CT molecular complexity index is 702. The molecule has 0 unspecified atom stereocenters. The number of nitrogens with zero attached hydrogens (tertiary/aromatic N) is 1. The molecule has 2 amide bonds. The van der Waals surface area contributed by atoms with Crippen LogP contribution in [-0.4, -0.2) is 37.4 Å². The predicted molar refractivity (Wildman–Crippen MR) is 100 cm³/mol. The minimum Gasteiger partial charge on any atom is -0.497 e. The number of carbonyl (C=O) groups is 1. The number of hydrogen-bond acceptors (Lipinski definition) is 4. The first-order valence-corrected chi connectivity index (χ1v) is 9.19. The highest BCUT2D eigenvalue weighted by Gasteiger charge is 2.31. The summed E-state index contributed by atoms with van der Waals surface area (Å²) in [5.41, 5.74) is 2.09. The number of thioether (sulfide) groups is 1. The fraction of sp³-hybridized carbons (Fsp3) is 0.316. The number of urea groups is 1. The van der Waals surface area contributed by atoms with Crippen molar-refractivity contribution in [2.75, 3.05) is 26.5 Å². The molecule has 1 atom stereocenters. The van der Waals surface area contributed by atoms with Crippen molar-refractivity contribution in [3.8, 4) is 11.5 Å². The van der Waals surface area contributed by atoms with Gasteiger partial charge in [-0.2, -0.15) is 0 Å². The number of benzene rings is 2. The SMILES string of the molecule is COc1cc(OC)cc([C@@H]2SCCN2C(=O)NCc2ccccc2)c1. The van der Waals surface area contributed by atoms with Crippen molar-refractivity contribution in [1.82, 2.24) is 10.2 Å². The first-order valence-electron chi connectivity index (χ1n) is 8.14. The van der Waals surface area contributed by atoms with Crippen LogP contribution in [0.2, 0.25) is 0 Å². The Balaban J connectivity index is 1.72. The summed E-state index contributed by atoms with van der Waals surface area (Å²) in [5, 5.41) is 2.97. The molecule has 2 aromatic carbocycles. The summed E-state index contributed by atoms with van der Waals surface area (Å²) in [5.74, 6) is 2.36. The Morgan fingerprint density at radius 3 is 2.48 bits per heavy atom. The lowest BCUT2D eigenvalue weighted by molar-refractivity contribution is 0.199. The number of amides is 2. The fourth-order valence-electron chi connectivity index (χ4n) is 2.80. The number of nitrogens with one attached hydrogen (secondary N) is 1. The van der Waals surface area contributed by atoms with Gasteiger partial charge in [0.25, 0.3) is 0 Å². The van der Waals surface area contributed by atoms with E-state index in [4.69, 9.17) is 9.47 Å². The maximum Gasteiger partial charge on any atom is 0.318 e. The van der Waals surface area contributed by atoms with Gasteiger partial charge in [0.15, 0.2) is 0 Å². The average molecular weight is 358 g/mol. The maximum atomic E-state index is 12.7. The van der Waals surface area contributed by atoms with Gasteiger partial charge in [0, 0.05) is 24.9 Å². The van der Waals surface area contributed by atoms with Crippen LogP contribution in [0.25, 0.3) is 0 Å². The second-order valence-electron chi connectivity index (χ2n) is 5.71. The van der Waals surface area contributed by atoms with Gasteiger partial charge in [-0.3, -0.25) is 0 Å². The molecule has 0 radical (unpaired) electrons. The maximum absolute atomic E-state index is 12.7. The molecule has 5 nitrogen and oxygen atoms in total. The monoisotopic (exact) mass is 358 g/mol. The third kappa shape index (κ3) is 4.20.